The number of carbonyl (C=O) groups is 1. The molecule has 0 aliphatic heterocycles. The summed E-state index contributed by atoms with van der Waals surface area (Å²) in [7, 11) is 0. The minimum Gasteiger partial charge on any atom is -0.319 e. The summed E-state index contributed by atoms with van der Waals surface area (Å²) in [5, 5.41) is 0. The van der Waals surface area contributed by atoms with Gasteiger partial charge in [-0.3, -0.25) is 4.79 Å². The molecule has 1 amide bonds. The Balaban J connectivity index is 2.60. The van der Waals surface area contributed by atoms with E-state index in [2.05, 4.69) is 18.7 Å². The molecule has 0 saturated heterocycles. The van der Waals surface area contributed by atoms with Crippen molar-refractivity contribution in [2.45, 2.75) is 27.2 Å². The Hall–Kier alpha value is -1.57. The standard InChI is InChI=1S/C15H21NO/c1-5-16(14(17)15(2,3)4)12-11-13-9-7-6-8-10-13/h5-10H,1,11-12H2,2-4H3. The van der Waals surface area contributed by atoms with Crippen molar-refractivity contribution in [2.75, 3.05) is 6.54 Å². The minimum atomic E-state index is -0.356. The maximum absolute atomic E-state index is 12.1. The fourth-order valence-corrected chi connectivity index (χ4v) is 1.60. The van der Waals surface area contributed by atoms with Gasteiger partial charge in [0.05, 0.1) is 0 Å². The van der Waals surface area contributed by atoms with Gasteiger partial charge in [-0.2, -0.15) is 0 Å². The van der Waals surface area contributed by atoms with E-state index in [1.165, 1.54) is 5.56 Å². The number of hydrogen-bond donors (Lipinski definition) is 0. The molecule has 1 rings (SSSR count). The van der Waals surface area contributed by atoms with E-state index in [1.807, 2.05) is 39.0 Å². The molecule has 1 aromatic carbocycles. The molecule has 0 aromatic heterocycles. The van der Waals surface area contributed by atoms with Crippen LogP contribution in [-0.2, 0) is 11.2 Å². The number of amides is 1. The highest BCUT2D eigenvalue weighted by atomic mass is 16.2. The van der Waals surface area contributed by atoms with Crippen molar-refractivity contribution >= 4 is 5.91 Å². The number of hydrogen-bond acceptors (Lipinski definition) is 1. The third-order valence-electron chi connectivity index (χ3n) is 2.61. The summed E-state index contributed by atoms with van der Waals surface area (Å²) >= 11 is 0. The van der Waals surface area contributed by atoms with Gasteiger partial charge in [-0.1, -0.05) is 57.7 Å². The molecule has 0 bridgehead atoms. The molecule has 0 aliphatic carbocycles. The molecular weight excluding hydrogens is 210 g/mol. The van der Waals surface area contributed by atoms with Crippen LogP contribution in [0, 0.1) is 5.41 Å². The number of nitrogens with zero attached hydrogens (tertiary/aromatic N) is 1. The third-order valence-corrected chi connectivity index (χ3v) is 2.61. The zero-order chi connectivity index (χ0) is 12.9. The topological polar surface area (TPSA) is 20.3 Å². The van der Waals surface area contributed by atoms with E-state index in [4.69, 9.17) is 0 Å². The van der Waals surface area contributed by atoms with Gasteiger partial charge in [0, 0.05) is 12.0 Å². The summed E-state index contributed by atoms with van der Waals surface area (Å²) in [6.07, 6.45) is 2.48. The monoisotopic (exact) mass is 231 g/mol. The van der Waals surface area contributed by atoms with Crippen molar-refractivity contribution in [3.8, 4) is 0 Å². The Bertz CT molecular complexity index is 376. The van der Waals surface area contributed by atoms with Crippen LogP contribution >= 0.6 is 0 Å². The molecule has 0 unspecified atom stereocenters. The van der Waals surface area contributed by atoms with Crippen LogP contribution in [0.5, 0.6) is 0 Å². The highest BCUT2D eigenvalue weighted by Crippen LogP contribution is 2.17. The summed E-state index contributed by atoms with van der Waals surface area (Å²) in [5.41, 5.74) is 0.881. The molecular formula is C15H21NO. The van der Waals surface area contributed by atoms with Gasteiger partial charge in [-0.15, -0.1) is 0 Å². The van der Waals surface area contributed by atoms with Gasteiger partial charge in [0.15, 0.2) is 0 Å². The fraction of sp³-hybridized carbons (Fsp3) is 0.400. The van der Waals surface area contributed by atoms with Crippen molar-refractivity contribution in [2.24, 2.45) is 5.41 Å². The second kappa shape index (κ2) is 5.67. The Morgan fingerprint density at radius 1 is 1.29 bits per heavy atom. The molecule has 17 heavy (non-hydrogen) atoms. The van der Waals surface area contributed by atoms with Crippen LogP contribution in [0.4, 0.5) is 0 Å². The van der Waals surface area contributed by atoms with E-state index in [0.29, 0.717) is 6.54 Å². The largest absolute Gasteiger partial charge is 0.319 e. The van der Waals surface area contributed by atoms with E-state index in [1.54, 1.807) is 11.1 Å². The maximum atomic E-state index is 12.1. The van der Waals surface area contributed by atoms with Crippen molar-refractivity contribution < 1.29 is 4.79 Å². The van der Waals surface area contributed by atoms with Gasteiger partial charge in [0.25, 0.3) is 0 Å². The first-order valence-corrected chi connectivity index (χ1v) is 5.92. The van der Waals surface area contributed by atoms with Crippen LogP contribution in [-0.4, -0.2) is 17.4 Å². The summed E-state index contributed by atoms with van der Waals surface area (Å²) in [4.78, 5) is 13.8. The van der Waals surface area contributed by atoms with Crippen LogP contribution in [0.3, 0.4) is 0 Å². The molecule has 0 fully saturated rings. The smallest absolute Gasteiger partial charge is 0.231 e. The van der Waals surface area contributed by atoms with E-state index in [-0.39, 0.29) is 11.3 Å². The Morgan fingerprint density at radius 3 is 2.35 bits per heavy atom. The number of carbonyl (C=O) groups excluding carboxylic acids is 1. The lowest BCUT2D eigenvalue weighted by Crippen LogP contribution is -2.36. The van der Waals surface area contributed by atoms with Gasteiger partial charge >= 0.3 is 0 Å². The highest BCUT2D eigenvalue weighted by Gasteiger charge is 2.25. The van der Waals surface area contributed by atoms with E-state index in [9.17, 15) is 4.79 Å². The molecule has 0 N–H and O–H groups in total. The average molecular weight is 231 g/mol. The molecule has 0 saturated carbocycles. The van der Waals surface area contributed by atoms with Crippen molar-refractivity contribution in [1.29, 1.82) is 0 Å². The Labute approximate surface area is 104 Å². The lowest BCUT2D eigenvalue weighted by molar-refractivity contribution is -0.136. The third kappa shape index (κ3) is 4.06. The quantitative estimate of drug-likeness (QED) is 0.779. The van der Waals surface area contributed by atoms with Crippen molar-refractivity contribution in [3.05, 3.63) is 48.7 Å². The minimum absolute atomic E-state index is 0.114. The molecule has 92 valence electrons. The first-order chi connectivity index (χ1) is 7.95. The predicted octanol–water partition coefficient (Wildman–Crippen LogP) is 3.25. The van der Waals surface area contributed by atoms with Gasteiger partial charge in [-0.05, 0) is 18.2 Å². The molecule has 1 aromatic rings. The molecule has 0 heterocycles. The first-order valence-electron chi connectivity index (χ1n) is 5.92. The fourth-order valence-electron chi connectivity index (χ4n) is 1.60. The maximum Gasteiger partial charge on any atom is 0.231 e. The summed E-state index contributed by atoms with van der Waals surface area (Å²) in [6.45, 7) is 10.2. The molecule has 0 aliphatic rings. The average Bonchev–Trinajstić information content (AvgIpc) is 2.30. The number of rotatable bonds is 4. The van der Waals surface area contributed by atoms with Crippen LogP contribution in [0.2, 0.25) is 0 Å². The Morgan fingerprint density at radius 2 is 1.88 bits per heavy atom. The van der Waals surface area contributed by atoms with Crippen molar-refractivity contribution in [3.63, 3.8) is 0 Å². The number of benzene rings is 1. The van der Waals surface area contributed by atoms with E-state index < -0.39 is 0 Å². The molecule has 2 nitrogen and oxygen atoms in total. The zero-order valence-electron chi connectivity index (χ0n) is 10.9. The molecule has 2 heteroatoms. The van der Waals surface area contributed by atoms with E-state index >= 15 is 0 Å². The van der Waals surface area contributed by atoms with E-state index in [0.717, 1.165) is 6.42 Å². The van der Waals surface area contributed by atoms with Gasteiger partial charge in [0.1, 0.15) is 0 Å². The molecule has 0 radical (unpaired) electrons. The van der Waals surface area contributed by atoms with Crippen LogP contribution in [0.15, 0.2) is 43.1 Å². The zero-order valence-corrected chi connectivity index (χ0v) is 10.9. The van der Waals surface area contributed by atoms with Crippen LogP contribution < -0.4 is 0 Å². The summed E-state index contributed by atoms with van der Waals surface area (Å²) in [5.74, 6) is 0.114. The van der Waals surface area contributed by atoms with Crippen LogP contribution in [0.25, 0.3) is 0 Å². The predicted molar refractivity (Wildman–Crippen MR) is 71.5 cm³/mol. The Kier molecular flexibility index (Phi) is 4.50. The SMILES string of the molecule is C=CN(CCc1ccccc1)C(=O)C(C)(C)C. The normalized spacial score (nSPS) is 11.0. The van der Waals surface area contributed by atoms with Crippen molar-refractivity contribution in [1.82, 2.24) is 4.90 Å². The summed E-state index contributed by atoms with van der Waals surface area (Å²) < 4.78 is 0. The first kappa shape index (κ1) is 13.5. The van der Waals surface area contributed by atoms with Gasteiger partial charge in [-0.25, -0.2) is 0 Å². The van der Waals surface area contributed by atoms with Crippen LogP contribution in [0.1, 0.15) is 26.3 Å². The molecule has 0 spiro atoms. The lowest BCUT2D eigenvalue weighted by atomic mass is 9.94. The molecule has 0 atom stereocenters. The second-order valence-electron chi connectivity index (χ2n) is 5.17. The summed E-state index contributed by atoms with van der Waals surface area (Å²) in [6, 6.07) is 10.2. The highest BCUT2D eigenvalue weighted by molar-refractivity contribution is 5.82. The van der Waals surface area contributed by atoms with Gasteiger partial charge in [0.2, 0.25) is 5.91 Å². The second-order valence-corrected chi connectivity index (χ2v) is 5.17. The van der Waals surface area contributed by atoms with Gasteiger partial charge < -0.3 is 4.90 Å². The lowest BCUT2D eigenvalue weighted by Gasteiger charge is -2.26.